The van der Waals surface area contributed by atoms with Crippen molar-refractivity contribution in [3.05, 3.63) is 66.2 Å². The number of carbonyl (C=O) groups excluding carboxylic acids is 1. The number of para-hydroxylation sites is 1. The summed E-state index contributed by atoms with van der Waals surface area (Å²) in [4.78, 5) is 15.1. The standard InChI is InChI=1S/C26H31N3O3/c1-19(2)25(30)29(17-22-15-10-16-31-22)18-23-24(20-11-6-4-7-12-20)27-28(3)26(23)32-21-13-8-5-9-14-21/h4-9,11-14,19,22H,10,15-18H2,1-3H3/t22-/m1/s1. The number of hydrogen-bond donors (Lipinski definition) is 0. The average Bonchev–Trinajstić information content (AvgIpc) is 3.43. The van der Waals surface area contributed by atoms with Crippen LogP contribution in [0.4, 0.5) is 0 Å². The van der Waals surface area contributed by atoms with Crippen LogP contribution >= 0.6 is 0 Å². The number of ether oxygens (including phenoxy) is 2. The number of rotatable bonds is 8. The fourth-order valence-corrected chi connectivity index (χ4v) is 4.07. The van der Waals surface area contributed by atoms with Gasteiger partial charge in [0.1, 0.15) is 11.4 Å². The fourth-order valence-electron chi connectivity index (χ4n) is 4.07. The third-order valence-corrected chi connectivity index (χ3v) is 5.70. The highest BCUT2D eigenvalue weighted by Crippen LogP contribution is 2.34. The Bertz CT molecular complexity index is 1030. The Morgan fingerprint density at radius 3 is 2.47 bits per heavy atom. The van der Waals surface area contributed by atoms with Crippen LogP contribution in [-0.2, 0) is 23.1 Å². The molecule has 0 spiro atoms. The predicted molar refractivity (Wildman–Crippen MR) is 124 cm³/mol. The van der Waals surface area contributed by atoms with Crippen LogP contribution in [-0.4, -0.2) is 39.8 Å². The van der Waals surface area contributed by atoms with Gasteiger partial charge in [-0.05, 0) is 25.0 Å². The number of nitrogens with zero attached hydrogens (tertiary/aromatic N) is 3. The molecule has 168 valence electrons. The number of aromatic nitrogens is 2. The van der Waals surface area contributed by atoms with Crippen molar-refractivity contribution in [2.45, 2.75) is 39.3 Å². The van der Waals surface area contributed by atoms with Gasteiger partial charge in [-0.2, -0.15) is 5.10 Å². The van der Waals surface area contributed by atoms with Gasteiger partial charge in [0.2, 0.25) is 11.8 Å². The maximum absolute atomic E-state index is 13.2. The van der Waals surface area contributed by atoms with E-state index in [0.29, 0.717) is 19.0 Å². The minimum absolute atomic E-state index is 0.0769. The summed E-state index contributed by atoms with van der Waals surface area (Å²) >= 11 is 0. The Labute approximate surface area is 189 Å². The Kier molecular flexibility index (Phi) is 6.90. The van der Waals surface area contributed by atoms with E-state index < -0.39 is 0 Å². The first-order chi connectivity index (χ1) is 15.5. The number of hydrogen-bond acceptors (Lipinski definition) is 4. The SMILES string of the molecule is CC(C)C(=O)N(Cc1c(-c2ccccc2)nn(C)c1Oc1ccccc1)C[C@H]1CCCO1. The van der Waals surface area contributed by atoms with Crippen LogP contribution in [0.2, 0.25) is 0 Å². The molecular formula is C26H31N3O3. The van der Waals surface area contributed by atoms with Crippen LogP contribution in [0.3, 0.4) is 0 Å². The van der Waals surface area contributed by atoms with Gasteiger partial charge in [-0.15, -0.1) is 0 Å². The van der Waals surface area contributed by atoms with Crippen molar-refractivity contribution >= 4 is 5.91 Å². The Morgan fingerprint density at radius 2 is 1.84 bits per heavy atom. The van der Waals surface area contributed by atoms with Crippen LogP contribution in [0.1, 0.15) is 32.3 Å². The predicted octanol–water partition coefficient (Wildman–Crippen LogP) is 5.04. The molecule has 0 aliphatic carbocycles. The molecule has 2 heterocycles. The first-order valence-electron chi connectivity index (χ1n) is 11.3. The molecule has 6 nitrogen and oxygen atoms in total. The first-order valence-corrected chi connectivity index (χ1v) is 11.3. The molecule has 3 aromatic rings. The van der Waals surface area contributed by atoms with Crippen LogP contribution in [0.15, 0.2) is 60.7 Å². The maximum atomic E-state index is 13.2. The van der Waals surface area contributed by atoms with E-state index in [4.69, 9.17) is 14.6 Å². The Morgan fingerprint density at radius 1 is 1.16 bits per heavy atom. The molecule has 0 unspecified atom stereocenters. The molecule has 1 atom stereocenters. The van der Waals surface area contributed by atoms with E-state index in [2.05, 4.69) is 0 Å². The zero-order valence-electron chi connectivity index (χ0n) is 19.0. The molecule has 0 saturated carbocycles. The minimum Gasteiger partial charge on any atom is -0.439 e. The van der Waals surface area contributed by atoms with Crippen molar-refractivity contribution in [3.8, 4) is 22.9 Å². The molecule has 1 aliphatic rings. The van der Waals surface area contributed by atoms with Gasteiger partial charge in [-0.1, -0.05) is 62.4 Å². The van der Waals surface area contributed by atoms with E-state index in [9.17, 15) is 4.79 Å². The molecule has 0 radical (unpaired) electrons. The van der Waals surface area contributed by atoms with Gasteiger partial charge in [0, 0.05) is 31.7 Å². The summed E-state index contributed by atoms with van der Waals surface area (Å²) < 4.78 is 13.9. The first kappa shape index (κ1) is 22.1. The second-order valence-electron chi connectivity index (χ2n) is 8.55. The topological polar surface area (TPSA) is 56.6 Å². The van der Waals surface area contributed by atoms with E-state index in [-0.39, 0.29) is 17.9 Å². The van der Waals surface area contributed by atoms with Crippen LogP contribution in [0.25, 0.3) is 11.3 Å². The highest BCUT2D eigenvalue weighted by atomic mass is 16.5. The molecule has 1 aliphatic heterocycles. The van der Waals surface area contributed by atoms with Crippen molar-refractivity contribution < 1.29 is 14.3 Å². The number of carbonyl (C=O) groups is 1. The summed E-state index contributed by atoms with van der Waals surface area (Å²) in [5.41, 5.74) is 2.72. The molecule has 6 heteroatoms. The van der Waals surface area contributed by atoms with E-state index in [1.165, 1.54) is 0 Å². The van der Waals surface area contributed by atoms with Crippen molar-refractivity contribution in [1.82, 2.24) is 14.7 Å². The lowest BCUT2D eigenvalue weighted by molar-refractivity contribution is -0.136. The summed E-state index contributed by atoms with van der Waals surface area (Å²) in [6, 6.07) is 19.7. The van der Waals surface area contributed by atoms with Crippen LogP contribution in [0, 0.1) is 5.92 Å². The molecule has 1 saturated heterocycles. The fraction of sp³-hybridized carbons (Fsp3) is 0.385. The van der Waals surface area contributed by atoms with Gasteiger partial charge < -0.3 is 14.4 Å². The van der Waals surface area contributed by atoms with Crippen LogP contribution in [0.5, 0.6) is 11.6 Å². The lowest BCUT2D eigenvalue weighted by atomic mass is 10.1. The smallest absolute Gasteiger partial charge is 0.225 e. The summed E-state index contributed by atoms with van der Waals surface area (Å²) in [7, 11) is 1.88. The molecule has 1 amide bonds. The van der Waals surface area contributed by atoms with Gasteiger partial charge in [0.15, 0.2) is 0 Å². The quantitative estimate of drug-likeness (QED) is 0.499. The lowest BCUT2D eigenvalue weighted by Gasteiger charge is -2.27. The van der Waals surface area contributed by atoms with Crippen molar-refractivity contribution in [2.24, 2.45) is 13.0 Å². The van der Waals surface area contributed by atoms with Gasteiger partial charge in [-0.3, -0.25) is 4.79 Å². The number of amides is 1. The molecule has 4 rings (SSSR count). The monoisotopic (exact) mass is 433 g/mol. The third kappa shape index (κ3) is 5.02. The third-order valence-electron chi connectivity index (χ3n) is 5.70. The highest BCUT2D eigenvalue weighted by Gasteiger charge is 2.28. The second-order valence-corrected chi connectivity index (χ2v) is 8.55. The Hall–Kier alpha value is -3.12. The van der Waals surface area contributed by atoms with Gasteiger partial charge >= 0.3 is 0 Å². The second kappa shape index (κ2) is 10.0. The summed E-state index contributed by atoms with van der Waals surface area (Å²) in [6.45, 7) is 5.63. The van der Waals surface area contributed by atoms with E-state index in [1.807, 2.05) is 86.5 Å². The largest absolute Gasteiger partial charge is 0.439 e. The summed E-state index contributed by atoms with van der Waals surface area (Å²) in [5.74, 6) is 1.38. The lowest BCUT2D eigenvalue weighted by Crippen LogP contribution is -2.39. The highest BCUT2D eigenvalue weighted by molar-refractivity contribution is 5.78. The molecule has 0 bridgehead atoms. The molecule has 1 aromatic heterocycles. The van der Waals surface area contributed by atoms with E-state index in [0.717, 1.165) is 42.0 Å². The zero-order chi connectivity index (χ0) is 22.5. The van der Waals surface area contributed by atoms with Gasteiger partial charge in [-0.25, -0.2) is 4.68 Å². The summed E-state index contributed by atoms with van der Waals surface area (Å²) in [5, 5.41) is 4.79. The van der Waals surface area contributed by atoms with Crippen LogP contribution < -0.4 is 4.74 Å². The summed E-state index contributed by atoms with van der Waals surface area (Å²) in [6.07, 6.45) is 2.10. The molecule has 32 heavy (non-hydrogen) atoms. The zero-order valence-corrected chi connectivity index (χ0v) is 19.0. The number of benzene rings is 2. The van der Waals surface area contributed by atoms with Gasteiger partial charge in [0.05, 0.1) is 18.2 Å². The Balaban J connectivity index is 1.73. The number of aryl methyl sites for hydroxylation is 1. The average molecular weight is 434 g/mol. The molecule has 0 N–H and O–H groups in total. The molecule has 2 aromatic carbocycles. The van der Waals surface area contributed by atoms with Crippen molar-refractivity contribution in [2.75, 3.05) is 13.2 Å². The van der Waals surface area contributed by atoms with Crippen molar-refractivity contribution in [3.63, 3.8) is 0 Å². The van der Waals surface area contributed by atoms with Crippen molar-refractivity contribution in [1.29, 1.82) is 0 Å². The minimum atomic E-state index is -0.105. The maximum Gasteiger partial charge on any atom is 0.225 e. The van der Waals surface area contributed by atoms with Gasteiger partial charge in [0.25, 0.3) is 0 Å². The normalized spacial score (nSPS) is 15.8. The molecule has 1 fully saturated rings. The van der Waals surface area contributed by atoms with E-state index >= 15 is 0 Å². The van der Waals surface area contributed by atoms with E-state index in [1.54, 1.807) is 4.68 Å². The molecular weight excluding hydrogens is 402 g/mol.